The van der Waals surface area contributed by atoms with Crippen LogP contribution in [0, 0.1) is 0 Å². The molecule has 7 N–H and O–H groups in total. The van der Waals surface area contributed by atoms with Crippen molar-refractivity contribution >= 4 is 29.2 Å². The minimum Gasteiger partial charge on any atom is -0.507 e. The van der Waals surface area contributed by atoms with Crippen LogP contribution in [-0.4, -0.2) is 104 Å². The average Bonchev–Trinajstić information content (AvgIpc) is 3.01. The molecule has 246 valence electrons. The van der Waals surface area contributed by atoms with Crippen molar-refractivity contribution < 1.29 is 68.8 Å². The number of aliphatic carboxylic acids is 1. The summed E-state index contributed by atoms with van der Waals surface area (Å²) in [5.41, 5.74) is -4.16. The van der Waals surface area contributed by atoms with E-state index in [1.165, 1.54) is 32.2 Å². The third-order valence-corrected chi connectivity index (χ3v) is 8.67. The van der Waals surface area contributed by atoms with Gasteiger partial charge in [0.15, 0.2) is 17.9 Å². The van der Waals surface area contributed by atoms with Gasteiger partial charge in [-0.15, -0.1) is 0 Å². The number of ether oxygens (including phenoxy) is 3. The molecule has 5 rings (SSSR count). The summed E-state index contributed by atoms with van der Waals surface area (Å²) in [5, 5.41) is 66.1. The van der Waals surface area contributed by atoms with Gasteiger partial charge in [0.25, 0.3) is 0 Å². The number of nitrogens with one attached hydrogen (secondary N) is 1. The van der Waals surface area contributed by atoms with E-state index in [1.807, 2.05) is 0 Å². The van der Waals surface area contributed by atoms with Gasteiger partial charge in [-0.25, -0.2) is 0 Å². The molecule has 15 heteroatoms. The molecule has 0 aromatic heterocycles. The molecule has 0 bridgehead atoms. The number of methoxy groups -OCH3 is 1. The second-order valence-corrected chi connectivity index (χ2v) is 11.6. The monoisotopic (exact) mass is 643 g/mol. The fraction of sp³-hybridized carbons (Fsp3) is 0.452. The van der Waals surface area contributed by atoms with E-state index in [0.29, 0.717) is 0 Å². The van der Waals surface area contributed by atoms with Crippen LogP contribution in [-0.2, 0) is 30.3 Å². The summed E-state index contributed by atoms with van der Waals surface area (Å²) in [7, 11) is 1.29. The van der Waals surface area contributed by atoms with Crippen LogP contribution in [0.25, 0.3) is 0 Å². The Morgan fingerprint density at radius 1 is 1.07 bits per heavy atom. The lowest BCUT2D eigenvalue weighted by molar-refractivity contribution is -0.249. The lowest BCUT2D eigenvalue weighted by Crippen LogP contribution is -2.55. The Morgan fingerprint density at radius 3 is 2.41 bits per heavy atom. The highest BCUT2D eigenvalue weighted by Gasteiger charge is 2.50. The molecule has 1 fully saturated rings. The number of ketones is 3. The number of aliphatic hydroxyl groups excluding tert-OH is 2. The first-order valence-corrected chi connectivity index (χ1v) is 14.5. The number of phenolic OH excluding ortho intramolecular Hbond substituents is 2. The maximum absolute atomic E-state index is 13.8. The number of carboxylic acid groups (broad SMARTS) is 1. The van der Waals surface area contributed by atoms with Crippen molar-refractivity contribution in [2.45, 2.75) is 75.3 Å². The Morgan fingerprint density at radius 2 is 1.76 bits per heavy atom. The number of aromatic hydroxyl groups is 2. The predicted molar refractivity (Wildman–Crippen MR) is 153 cm³/mol. The van der Waals surface area contributed by atoms with Gasteiger partial charge >= 0.3 is 5.97 Å². The minimum atomic E-state index is -2.35. The number of carboxylic acids is 1. The summed E-state index contributed by atoms with van der Waals surface area (Å²) in [6, 6.07) is 3.28. The van der Waals surface area contributed by atoms with Gasteiger partial charge < -0.3 is 50.2 Å². The zero-order valence-electron chi connectivity index (χ0n) is 24.8. The van der Waals surface area contributed by atoms with Crippen LogP contribution in [0.1, 0.15) is 81.7 Å². The van der Waals surface area contributed by atoms with E-state index < -0.39 is 114 Å². The standard InChI is InChI=1S/C31H33NO14/c1-12-26(38)15(32-19(35)6-7-20(36)37)8-21(45-12)46-17-10-31(43,18(34)11-33)9-14-23(17)30(42)25-24(28(14)40)27(39)13-4-3-5-16(44-2)22(13)29(25)41/h3-5,12,15,17,21,26,33,38,40,42-43H,6-11H2,1-2H3,(H,32,35)(H,36,37)/t12?,15-,17-,21-,26-,31-/m0/s1. The molecule has 15 nitrogen and oxygen atoms in total. The SMILES string of the molecule is COc1cccc2c1C(=O)c1c(O)c3c(c(O)c1C2=O)C[C@@](O)(C(=O)CO)C[C@@H]3O[C@H]1C[C@H](NC(=O)CCC(=O)O)[C@@H](O)C(C)O1. The van der Waals surface area contributed by atoms with Crippen molar-refractivity contribution in [3.8, 4) is 17.2 Å². The second kappa shape index (κ2) is 12.4. The number of Topliss-reactive ketones (excluding diaryl/α,β-unsaturated/α-hetero) is 1. The maximum atomic E-state index is 13.8. The molecule has 1 unspecified atom stereocenters. The number of carbonyl (C=O) groups is 5. The fourth-order valence-electron chi connectivity index (χ4n) is 6.36. The molecule has 1 amide bonds. The lowest BCUT2D eigenvalue weighted by atomic mass is 9.72. The van der Waals surface area contributed by atoms with Gasteiger partial charge in [-0.2, -0.15) is 0 Å². The van der Waals surface area contributed by atoms with Gasteiger partial charge in [0.05, 0.1) is 48.5 Å². The largest absolute Gasteiger partial charge is 0.507 e. The fourth-order valence-corrected chi connectivity index (χ4v) is 6.36. The molecule has 46 heavy (non-hydrogen) atoms. The Bertz CT molecular complexity index is 1640. The topological polar surface area (TPSA) is 246 Å². The second-order valence-electron chi connectivity index (χ2n) is 11.6. The quantitative estimate of drug-likeness (QED) is 0.152. The Hall–Kier alpha value is -4.41. The summed E-state index contributed by atoms with van der Waals surface area (Å²) in [6.07, 6.45) is -7.18. The molecule has 2 aromatic carbocycles. The molecule has 3 aliphatic rings. The highest BCUT2D eigenvalue weighted by Crippen LogP contribution is 2.52. The van der Waals surface area contributed by atoms with Gasteiger partial charge in [0.2, 0.25) is 11.7 Å². The van der Waals surface area contributed by atoms with E-state index in [9.17, 15) is 49.5 Å². The summed E-state index contributed by atoms with van der Waals surface area (Å²) in [6.45, 7) is 0.389. The van der Waals surface area contributed by atoms with Crippen molar-refractivity contribution in [1.82, 2.24) is 5.32 Å². The van der Waals surface area contributed by atoms with E-state index in [0.717, 1.165) is 0 Å². The third kappa shape index (κ3) is 5.60. The number of benzene rings is 2. The number of rotatable bonds is 9. The van der Waals surface area contributed by atoms with Gasteiger partial charge in [-0.3, -0.25) is 24.0 Å². The highest BCUT2D eigenvalue weighted by molar-refractivity contribution is 6.31. The number of amides is 1. The van der Waals surface area contributed by atoms with Crippen LogP contribution in [0.5, 0.6) is 17.2 Å². The molecule has 1 aliphatic heterocycles. The van der Waals surface area contributed by atoms with Crippen LogP contribution in [0.4, 0.5) is 0 Å². The first-order chi connectivity index (χ1) is 21.7. The van der Waals surface area contributed by atoms with Crippen molar-refractivity contribution in [2.24, 2.45) is 0 Å². The molecule has 1 heterocycles. The average molecular weight is 644 g/mol. The van der Waals surface area contributed by atoms with Crippen LogP contribution in [0.15, 0.2) is 18.2 Å². The molecule has 2 aliphatic carbocycles. The molecular weight excluding hydrogens is 610 g/mol. The number of hydrogen-bond acceptors (Lipinski definition) is 13. The predicted octanol–water partition coefficient (Wildman–Crippen LogP) is 0.0236. The molecular formula is C31H33NO14. The number of aliphatic hydroxyl groups is 3. The van der Waals surface area contributed by atoms with Gasteiger partial charge in [0.1, 0.15) is 35.6 Å². The van der Waals surface area contributed by atoms with E-state index in [4.69, 9.17) is 19.3 Å². The summed E-state index contributed by atoms with van der Waals surface area (Å²) in [4.78, 5) is 63.4. The van der Waals surface area contributed by atoms with E-state index in [2.05, 4.69) is 5.32 Å². The van der Waals surface area contributed by atoms with Crippen LogP contribution in [0.3, 0.4) is 0 Å². The Kier molecular flexibility index (Phi) is 8.90. The first kappa shape index (κ1) is 33.0. The Balaban J connectivity index is 1.57. The van der Waals surface area contributed by atoms with E-state index >= 15 is 0 Å². The van der Waals surface area contributed by atoms with Crippen LogP contribution in [0.2, 0.25) is 0 Å². The number of carbonyl (C=O) groups excluding carboxylic acids is 4. The van der Waals surface area contributed by atoms with Gasteiger partial charge in [-0.05, 0) is 13.0 Å². The van der Waals surface area contributed by atoms with Crippen molar-refractivity contribution in [3.63, 3.8) is 0 Å². The number of fused-ring (bicyclic) bond motifs is 3. The molecule has 0 spiro atoms. The zero-order valence-corrected chi connectivity index (χ0v) is 24.8. The van der Waals surface area contributed by atoms with Crippen molar-refractivity contribution in [1.29, 1.82) is 0 Å². The maximum Gasteiger partial charge on any atom is 0.303 e. The van der Waals surface area contributed by atoms with Crippen molar-refractivity contribution in [2.75, 3.05) is 13.7 Å². The number of hydrogen-bond donors (Lipinski definition) is 7. The molecule has 1 saturated heterocycles. The third-order valence-electron chi connectivity index (χ3n) is 8.67. The summed E-state index contributed by atoms with van der Waals surface area (Å²) >= 11 is 0. The smallest absolute Gasteiger partial charge is 0.303 e. The van der Waals surface area contributed by atoms with E-state index in [1.54, 1.807) is 0 Å². The minimum absolute atomic E-state index is 0.0495. The van der Waals surface area contributed by atoms with Crippen LogP contribution < -0.4 is 10.1 Å². The summed E-state index contributed by atoms with van der Waals surface area (Å²) in [5.74, 6) is -6.01. The normalized spacial score (nSPS) is 26.8. The number of phenols is 2. The van der Waals surface area contributed by atoms with Gasteiger partial charge in [-0.1, -0.05) is 12.1 Å². The highest BCUT2D eigenvalue weighted by atomic mass is 16.7. The molecule has 2 aromatic rings. The Labute approximate surface area is 261 Å². The van der Waals surface area contributed by atoms with Crippen LogP contribution >= 0.6 is 0 Å². The van der Waals surface area contributed by atoms with Crippen molar-refractivity contribution in [3.05, 3.63) is 51.6 Å². The van der Waals surface area contributed by atoms with E-state index in [-0.39, 0.29) is 40.8 Å². The molecule has 0 saturated carbocycles. The zero-order chi connectivity index (χ0) is 33.7. The molecule has 0 radical (unpaired) electrons. The first-order valence-electron chi connectivity index (χ1n) is 14.5. The lowest BCUT2D eigenvalue weighted by Gasteiger charge is -2.43. The summed E-state index contributed by atoms with van der Waals surface area (Å²) < 4.78 is 17.1. The molecule has 6 atom stereocenters. The van der Waals surface area contributed by atoms with Gasteiger partial charge in [0, 0.05) is 42.4 Å².